The van der Waals surface area contributed by atoms with Crippen molar-refractivity contribution in [2.45, 2.75) is 115 Å². The van der Waals surface area contributed by atoms with Crippen molar-refractivity contribution in [1.29, 1.82) is 0 Å². The molecule has 0 bridgehead atoms. The van der Waals surface area contributed by atoms with Crippen LogP contribution < -0.4 is 9.30 Å². The van der Waals surface area contributed by atoms with Gasteiger partial charge in [-0.25, -0.2) is 4.58 Å². The van der Waals surface area contributed by atoms with Crippen LogP contribution in [0.1, 0.15) is 108 Å². The molecule has 0 N–H and O–H groups in total. The largest absolute Gasteiger partial charge is 0.455 e. The van der Waals surface area contributed by atoms with Crippen molar-refractivity contribution in [2.75, 3.05) is 6.54 Å². The third-order valence-electron chi connectivity index (χ3n) is 12.3. The second kappa shape index (κ2) is 11.4. The van der Waals surface area contributed by atoms with Gasteiger partial charge in [0.05, 0.1) is 22.6 Å². The Morgan fingerprint density at radius 1 is 0.830 bits per heavy atom. The summed E-state index contributed by atoms with van der Waals surface area (Å²) in [5.74, 6) is 2.30. The second-order valence-corrected chi connectivity index (χ2v) is 15.2. The molecule has 4 nitrogen and oxygen atoms in total. The Labute approximate surface area is 280 Å². The fraction of sp³-hybridized carbons (Fsp3) is 0.442. The number of hydrogen-bond acceptors (Lipinski definition) is 2. The topological polar surface area (TPSA) is 19.4 Å². The third-order valence-corrected chi connectivity index (χ3v) is 12.3. The molecule has 3 aromatic carbocycles. The van der Waals surface area contributed by atoms with Gasteiger partial charge in [0, 0.05) is 55.5 Å². The van der Waals surface area contributed by atoms with E-state index in [0.717, 1.165) is 24.5 Å². The van der Waals surface area contributed by atoms with Gasteiger partial charge in [0.25, 0.3) is 0 Å². The number of rotatable bonds is 2. The number of ether oxygens (including phenoxy) is 1. The van der Waals surface area contributed by atoms with Crippen molar-refractivity contribution >= 4 is 27.3 Å². The Hall–Kier alpha value is -3.92. The number of hydrogen-bond donors (Lipinski definition) is 0. The maximum atomic E-state index is 7.02. The van der Waals surface area contributed by atoms with Crippen molar-refractivity contribution in [3.05, 3.63) is 89.9 Å². The predicted molar refractivity (Wildman–Crippen MR) is 193 cm³/mol. The molecule has 1 aromatic heterocycles. The average molecular weight is 624 g/mol. The minimum Gasteiger partial charge on any atom is -0.455 e. The number of aromatic nitrogens is 1. The van der Waals surface area contributed by atoms with Crippen LogP contribution >= 0.6 is 0 Å². The number of aryl methyl sites for hydroxylation is 1. The molecule has 4 heterocycles. The number of nitrogens with zero attached hydrogens (tertiary/aromatic N) is 3. The standard InChI is InChI=1S/C43H49N3O/c1-27-23-32-19-21-45-41-30(4)46(34-16-9-6-10-17-34)29(3)25-28(2)44(33-14-7-5-8-15-33)22-20-36(41)37-26-31-13-11-12-18-35(31)43-40(37)42(45)39(32)38(24-27)47-43/h11-13,18-19,21,23-26,33-34,36,41H,4-10,14-17,20,22H2,1-3H3/q+2. The van der Waals surface area contributed by atoms with Crippen LogP contribution in [0.3, 0.4) is 0 Å². The number of benzene rings is 3. The van der Waals surface area contributed by atoms with Crippen LogP contribution in [-0.4, -0.2) is 33.8 Å². The molecule has 240 valence electrons. The van der Waals surface area contributed by atoms with Crippen LogP contribution in [0.15, 0.2) is 78.8 Å². The zero-order valence-corrected chi connectivity index (χ0v) is 28.5. The quantitative estimate of drug-likeness (QED) is 0.182. The fourth-order valence-corrected chi connectivity index (χ4v) is 10.3. The molecule has 9 rings (SSSR count). The molecule has 2 fully saturated rings. The lowest BCUT2D eigenvalue weighted by Gasteiger charge is -2.42. The molecule has 4 heteroatoms. The van der Waals surface area contributed by atoms with Gasteiger partial charge in [-0.1, -0.05) is 62.6 Å². The zero-order chi connectivity index (χ0) is 31.8. The van der Waals surface area contributed by atoms with Gasteiger partial charge in [0.15, 0.2) is 18.0 Å². The smallest absolute Gasteiger partial charge is 0.228 e. The van der Waals surface area contributed by atoms with Crippen LogP contribution in [0, 0.1) is 6.92 Å². The third kappa shape index (κ3) is 4.61. The highest BCUT2D eigenvalue weighted by Gasteiger charge is 2.49. The Morgan fingerprint density at radius 2 is 1.60 bits per heavy atom. The summed E-state index contributed by atoms with van der Waals surface area (Å²) in [5.41, 5.74) is 9.35. The summed E-state index contributed by atoms with van der Waals surface area (Å²) in [6.07, 6.45) is 19.1. The van der Waals surface area contributed by atoms with Crippen molar-refractivity contribution in [3.8, 4) is 22.8 Å². The van der Waals surface area contributed by atoms with Gasteiger partial charge in [0.2, 0.25) is 11.7 Å². The summed E-state index contributed by atoms with van der Waals surface area (Å²) in [4.78, 5) is 2.71. The first kappa shape index (κ1) is 29.2. The van der Waals surface area contributed by atoms with Crippen LogP contribution in [0.2, 0.25) is 0 Å². The molecule has 5 aliphatic rings. The molecule has 0 amide bonds. The lowest BCUT2D eigenvalue weighted by molar-refractivity contribution is -0.710. The maximum Gasteiger partial charge on any atom is 0.228 e. The highest BCUT2D eigenvalue weighted by Crippen LogP contribution is 2.56. The van der Waals surface area contributed by atoms with Crippen LogP contribution in [0.5, 0.6) is 11.5 Å². The monoisotopic (exact) mass is 623 g/mol. The first-order valence-electron chi connectivity index (χ1n) is 18.5. The van der Waals surface area contributed by atoms with E-state index in [2.05, 4.69) is 95.6 Å². The maximum absolute atomic E-state index is 7.02. The van der Waals surface area contributed by atoms with E-state index in [4.69, 9.17) is 11.3 Å². The summed E-state index contributed by atoms with van der Waals surface area (Å²) in [6.45, 7) is 13.1. The van der Waals surface area contributed by atoms with Crippen molar-refractivity contribution in [3.63, 3.8) is 0 Å². The SMILES string of the molecule is C=C1C2C(CC[N+](C3CCCCC3)=C(C)/C=C(/C)N1C1CCCCC1)c1cc3ccccc3c3c1-c1c4c(cc(C)cc4cc[n+]12)O3. The Bertz CT molecular complexity index is 2010. The van der Waals surface area contributed by atoms with E-state index in [0.29, 0.717) is 12.1 Å². The van der Waals surface area contributed by atoms with Gasteiger partial charge < -0.3 is 9.64 Å². The molecule has 2 aliphatic carbocycles. The molecule has 0 radical (unpaired) electrons. The van der Waals surface area contributed by atoms with Crippen molar-refractivity contribution in [2.24, 2.45) is 0 Å². The van der Waals surface area contributed by atoms with E-state index in [1.54, 1.807) is 0 Å². The average Bonchev–Trinajstić information content (AvgIpc) is 3.08. The fourth-order valence-electron chi connectivity index (χ4n) is 10.3. The first-order valence-corrected chi connectivity index (χ1v) is 18.5. The lowest BCUT2D eigenvalue weighted by Crippen LogP contribution is -2.53. The number of allylic oxidation sites excluding steroid dienone is 3. The Balaban J connectivity index is 1.32. The molecule has 3 aliphatic heterocycles. The number of pyridine rings is 1. The molecule has 0 saturated heterocycles. The van der Waals surface area contributed by atoms with E-state index in [9.17, 15) is 0 Å². The van der Waals surface area contributed by atoms with Crippen LogP contribution in [0.25, 0.3) is 32.8 Å². The minimum absolute atomic E-state index is 0.125. The van der Waals surface area contributed by atoms with Gasteiger partial charge in [0.1, 0.15) is 18.0 Å². The Kier molecular flexibility index (Phi) is 7.06. The summed E-state index contributed by atoms with van der Waals surface area (Å²) >= 11 is 0. The van der Waals surface area contributed by atoms with E-state index >= 15 is 0 Å². The minimum atomic E-state index is 0.125. The van der Waals surface area contributed by atoms with Crippen LogP contribution in [-0.2, 0) is 0 Å². The van der Waals surface area contributed by atoms with Gasteiger partial charge in [-0.15, -0.1) is 0 Å². The van der Waals surface area contributed by atoms with Gasteiger partial charge in [-0.3, -0.25) is 0 Å². The molecular weight excluding hydrogens is 574 g/mol. The van der Waals surface area contributed by atoms with E-state index in [1.165, 1.54) is 125 Å². The molecular formula is C43H49N3O+2. The molecule has 2 atom stereocenters. The van der Waals surface area contributed by atoms with Gasteiger partial charge in [-0.05, 0) is 73.6 Å². The van der Waals surface area contributed by atoms with Crippen LogP contribution in [0.4, 0.5) is 0 Å². The molecule has 2 unspecified atom stereocenters. The van der Waals surface area contributed by atoms with E-state index < -0.39 is 0 Å². The highest BCUT2D eigenvalue weighted by atomic mass is 16.5. The van der Waals surface area contributed by atoms with Crippen molar-refractivity contribution < 1.29 is 13.9 Å². The van der Waals surface area contributed by atoms with Crippen molar-refractivity contribution in [1.82, 2.24) is 4.90 Å². The van der Waals surface area contributed by atoms with E-state index in [-0.39, 0.29) is 12.0 Å². The normalized spacial score (nSPS) is 24.6. The first-order chi connectivity index (χ1) is 23.0. The highest BCUT2D eigenvalue weighted by molar-refractivity contribution is 6.07. The predicted octanol–water partition coefficient (Wildman–Crippen LogP) is 10.3. The van der Waals surface area contributed by atoms with Gasteiger partial charge in [-0.2, -0.15) is 4.57 Å². The molecule has 47 heavy (non-hydrogen) atoms. The molecule has 2 saturated carbocycles. The summed E-state index contributed by atoms with van der Waals surface area (Å²) in [7, 11) is 0. The summed E-state index contributed by atoms with van der Waals surface area (Å²) in [6, 6.07) is 19.5. The number of fused-ring (bicyclic) bond motifs is 5. The molecule has 4 aromatic rings. The summed E-state index contributed by atoms with van der Waals surface area (Å²) in [5, 5.41) is 4.98. The lowest BCUT2D eigenvalue weighted by atomic mass is 9.76. The Morgan fingerprint density at radius 3 is 2.40 bits per heavy atom. The second-order valence-electron chi connectivity index (χ2n) is 15.2. The molecule has 0 spiro atoms. The zero-order valence-electron chi connectivity index (χ0n) is 28.5. The van der Waals surface area contributed by atoms with E-state index in [1.807, 2.05) is 0 Å². The summed E-state index contributed by atoms with van der Waals surface area (Å²) < 4.78 is 12.4. The van der Waals surface area contributed by atoms with Gasteiger partial charge >= 0.3 is 0 Å².